The predicted octanol–water partition coefficient (Wildman–Crippen LogP) is 1.68. The first kappa shape index (κ1) is 11.6. The molecule has 1 unspecified atom stereocenters. The summed E-state index contributed by atoms with van der Waals surface area (Å²) in [6.07, 6.45) is 8.33. The quantitative estimate of drug-likeness (QED) is 0.588. The Hall–Kier alpha value is -0.870. The van der Waals surface area contributed by atoms with Gasteiger partial charge in [-0.2, -0.15) is 5.10 Å². The van der Waals surface area contributed by atoms with Gasteiger partial charge in [0.15, 0.2) is 0 Å². The van der Waals surface area contributed by atoms with Crippen LogP contribution in [0.4, 0.5) is 0 Å². The monoisotopic (exact) mass is 222 g/mol. The lowest BCUT2D eigenvalue weighted by Crippen LogP contribution is -2.31. The molecule has 1 atom stereocenters. The molecule has 4 nitrogen and oxygen atoms in total. The average Bonchev–Trinajstić information content (AvgIpc) is 2.58. The van der Waals surface area contributed by atoms with Crippen molar-refractivity contribution in [2.24, 2.45) is 18.8 Å². The van der Waals surface area contributed by atoms with E-state index in [0.717, 1.165) is 18.8 Å². The van der Waals surface area contributed by atoms with Crippen LogP contribution in [0, 0.1) is 5.92 Å². The number of hydrogen-bond acceptors (Lipinski definition) is 3. The van der Waals surface area contributed by atoms with Crippen LogP contribution in [0.1, 0.15) is 49.9 Å². The average molecular weight is 222 g/mol. The van der Waals surface area contributed by atoms with Crippen LogP contribution in [0.5, 0.6) is 0 Å². The molecule has 90 valence electrons. The summed E-state index contributed by atoms with van der Waals surface area (Å²) in [7, 11) is 1.97. The Balaban J connectivity index is 2.10. The van der Waals surface area contributed by atoms with Crippen molar-refractivity contribution in [3.05, 3.63) is 17.5 Å². The van der Waals surface area contributed by atoms with E-state index >= 15 is 0 Å². The Morgan fingerprint density at radius 3 is 2.88 bits per heavy atom. The van der Waals surface area contributed by atoms with E-state index < -0.39 is 0 Å². The van der Waals surface area contributed by atoms with Crippen LogP contribution < -0.4 is 11.3 Å². The fourth-order valence-electron chi connectivity index (χ4n) is 2.47. The molecular formula is C12H22N4. The second-order valence-corrected chi connectivity index (χ2v) is 4.81. The molecule has 0 aliphatic heterocycles. The third kappa shape index (κ3) is 2.28. The van der Waals surface area contributed by atoms with Crippen LogP contribution in [0.3, 0.4) is 0 Å². The van der Waals surface area contributed by atoms with Gasteiger partial charge in [0, 0.05) is 24.8 Å². The molecule has 0 spiro atoms. The second kappa shape index (κ2) is 4.97. The minimum atomic E-state index is 0.272. The number of aryl methyl sites for hydroxylation is 2. The zero-order valence-electron chi connectivity index (χ0n) is 10.2. The maximum atomic E-state index is 5.68. The standard InChI is InChI=1S/C12H22N4/c1-3-11-10(8-16(2)15-11)12(14-13)7-9-5-4-6-9/h8-9,12,14H,3-7,13H2,1-2H3. The summed E-state index contributed by atoms with van der Waals surface area (Å²) in [4.78, 5) is 0. The summed E-state index contributed by atoms with van der Waals surface area (Å²) in [5.41, 5.74) is 5.40. The molecule has 1 aromatic heterocycles. The summed E-state index contributed by atoms with van der Waals surface area (Å²) in [5.74, 6) is 6.53. The molecule has 1 aromatic rings. The number of hydrazine groups is 1. The van der Waals surface area contributed by atoms with Crippen molar-refractivity contribution >= 4 is 0 Å². The molecule has 0 bridgehead atoms. The van der Waals surface area contributed by atoms with Crippen molar-refractivity contribution in [3.8, 4) is 0 Å². The third-order valence-electron chi connectivity index (χ3n) is 3.64. The smallest absolute Gasteiger partial charge is 0.0670 e. The zero-order chi connectivity index (χ0) is 11.5. The van der Waals surface area contributed by atoms with Crippen LogP contribution in [0.25, 0.3) is 0 Å². The van der Waals surface area contributed by atoms with Gasteiger partial charge in [0.1, 0.15) is 0 Å². The fourth-order valence-corrected chi connectivity index (χ4v) is 2.47. The highest BCUT2D eigenvalue weighted by atomic mass is 15.3. The van der Waals surface area contributed by atoms with Crippen molar-refractivity contribution in [1.82, 2.24) is 15.2 Å². The number of hydrogen-bond donors (Lipinski definition) is 2. The highest BCUT2D eigenvalue weighted by Gasteiger charge is 2.24. The minimum Gasteiger partial charge on any atom is -0.275 e. The van der Waals surface area contributed by atoms with Crippen molar-refractivity contribution < 1.29 is 0 Å². The van der Waals surface area contributed by atoms with Crippen LogP contribution >= 0.6 is 0 Å². The molecule has 1 fully saturated rings. The van der Waals surface area contributed by atoms with Gasteiger partial charge < -0.3 is 0 Å². The van der Waals surface area contributed by atoms with Crippen LogP contribution in [-0.4, -0.2) is 9.78 Å². The van der Waals surface area contributed by atoms with Gasteiger partial charge in [-0.1, -0.05) is 26.2 Å². The van der Waals surface area contributed by atoms with E-state index in [1.807, 2.05) is 11.7 Å². The molecular weight excluding hydrogens is 200 g/mol. The van der Waals surface area contributed by atoms with Crippen molar-refractivity contribution in [2.45, 2.75) is 45.1 Å². The van der Waals surface area contributed by atoms with Crippen molar-refractivity contribution in [2.75, 3.05) is 0 Å². The topological polar surface area (TPSA) is 55.9 Å². The lowest BCUT2D eigenvalue weighted by molar-refractivity contribution is 0.261. The molecule has 0 saturated heterocycles. The van der Waals surface area contributed by atoms with Gasteiger partial charge in [-0.25, -0.2) is 0 Å². The highest BCUT2D eigenvalue weighted by molar-refractivity contribution is 5.21. The minimum absolute atomic E-state index is 0.272. The van der Waals surface area contributed by atoms with Gasteiger partial charge in [-0.05, 0) is 18.8 Å². The maximum absolute atomic E-state index is 5.68. The zero-order valence-corrected chi connectivity index (χ0v) is 10.2. The van der Waals surface area contributed by atoms with Gasteiger partial charge in [0.2, 0.25) is 0 Å². The van der Waals surface area contributed by atoms with Crippen LogP contribution in [-0.2, 0) is 13.5 Å². The molecule has 2 rings (SSSR count). The number of nitrogens with one attached hydrogen (secondary N) is 1. The Morgan fingerprint density at radius 1 is 1.62 bits per heavy atom. The molecule has 3 N–H and O–H groups in total. The molecule has 4 heteroatoms. The lowest BCUT2D eigenvalue weighted by atomic mass is 9.79. The van der Waals surface area contributed by atoms with Crippen molar-refractivity contribution in [3.63, 3.8) is 0 Å². The molecule has 0 amide bonds. The second-order valence-electron chi connectivity index (χ2n) is 4.81. The largest absolute Gasteiger partial charge is 0.275 e. The predicted molar refractivity (Wildman–Crippen MR) is 64.6 cm³/mol. The number of nitrogens with two attached hydrogens (primary N) is 1. The highest BCUT2D eigenvalue weighted by Crippen LogP contribution is 2.35. The van der Waals surface area contributed by atoms with Gasteiger partial charge in [0.25, 0.3) is 0 Å². The summed E-state index contributed by atoms with van der Waals surface area (Å²) < 4.78 is 1.89. The van der Waals surface area contributed by atoms with E-state index in [4.69, 9.17) is 5.84 Å². The van der Waals surface area contributed by atoms with Crippen LogP contribution in [0.2, 0.25) is 0 Å². The van der Waals surface area contributed by atoms with E-state index in [0.29, 0.717) is 0 Å². The van der Waals surface area contributed by atoms with Crippen molar-refractivity contribution in [1.29, 1.82) is 0 Å². The summed E-state index contributed by atoms with van der Waals surface area (Å²) in [5, 5.41) is 4.47. The number of nitrogens with zero attached hydrogens (tertiary/aromatic N) is 2. The summed E-state index contributed by atoms with van der Waals surface area (Å²) >= 11 is 0. The molecule has 0 radical (unpaired) electrons. The van der Waals surface area contributed by atoms with Gasteiger partial charge in [-0.15, -0.1) is 0 Å². The summed E-state index contributed by atoms with van der Waals surface area (Å²) in [6.45, 7) is 2.14. The SMILES string of the molecule is CCc1nn(C)cc1C(CC1CCC1)NN. The fraction of sp³-hybridized carbons (Fsp3) is 0.750. The first-order chi connectivity index (χ1) is 7.74. The lowest BCUT2D eigenvalue weighted by Gasteiger charge is -2.29. The van der Waals surface area contributed by atoms with E-state index in [9.17, 15) is 0 Å². The Bertz CT molecular complexity index is 341. The van der Waals surface area contributed by atoms with Gasteiger partial charge in [0.05, 0.1) is 5.69 Å². The van der Waals surface area contributed by atoms with Gasteiger partial charge >= 0.3 is 0 Å². The first-order valence-corrected chi connectivity index (χ1v) is 6.23. The van der Waals surface area contributed by atoms with E-state index in [1.54, 1.807) is 0 Å². The van der Waals surface area contributed by atoms with Crippen LogP contribution in [0.15, 0.2) is 6.20 Å². The van der Waals surface area contributed by atoms with E-state index in [2.05, 4.69) is 23.6 Å². The maximum Gasteiger partial charge on any atom is 0.0670 e. The van der Waals surface area contributed by atoms with E-state index in [-0.39, 0.29) is 6.04 Å². The number of aromatic nitrogens is 2. The normalized spacial score (nSPS) is 18.4. The first-order valence-electron chi connectivity index (χ1n) is 6.23. The van der Waals surface area contributed by atoms with E-state index in [1.165, 1.54) is 30.5 Å². The Morgan fingerprint density at radius 2 is 2.38 bits per heavy atom. The summed E-state index contributed by atoms with van der Waals surface area (Å²) in [6, 6.07) is 0.272. The Kier molecular flexibility index (Phi) is 3.61. The van der Waals surface area contributed by atoms with Gasteiger partial charge in [-0.3, -0.25) is 16.0 Å². The Labute approximate surface area is 97.2 Å². The third-order valence-corrected chi connectivity index (χ3v) is 3.64. The molecule has 1 saturated carbocycles. The molecule has 1 aliphatic rings. The molecule has 1 aliphatic carbocycles. The molecule has 1 heterocycles. The molecule has 16 heavy (non-hydrogen) atoms. The molecule has 0 aromatic carbocycles. The number of rotatable bonds is 5.